The number of likely N-dealkylation sites (tertiary alicyclic amines) is 1. The lowest BCUT2D eigenvalue weighted by atomic mass is 9.92. The number of rotatable bonds is 12. The number of benzene rings is 2. The molecule has 0 bridgehead atoms. The summed E-state index contributed by atoms with van der Waals surface area (Å²) in [4.78, 5) is 27.5. The first-order valence-electron chi connectivity index (χ1n) is 15.0. The van der Waals surface area contributed by atoms with Crippen LogP contribution in [0.4, 0.5) is 0 Å². The summed E-state index contributed by atoms with van der Waals surface area (Å²) in [5.41, 5.74) is 1.29. The first kappa shape index (κ1) is 33.4. The van der Waals surface area contributed by atoms with Gasteiger partial charge in [0.1, 0.15) is 5.75 Å². The maximum absolute atomic E-state index is 13.6. The number of esters is 1. The van der Waals surface area contributed by atoms with Crippen LogP contribution in [-0.4, -0.2) is 94.5 Å². The second kappa shape index (κ2) is 16.0. The van der Waals surface area contributed by atoms with Crippen LogP contribution < -0.4 is 4.74 Å². The van der Waals surface area contributed by atoms with Crippen molar-refractivity contribution in [1.82, 2.24) is 9.21 Å². The van der Waals surface area contributed by atoms with Gasteiger partial charge in [0.05, 0.1) is 37.9 Å². The van der Waals surface area contributed by atoms with E-state index in [0.717, 1.165) is 35.6 Å². The normalized spacial score (nSPS) is 19.4. The van der Waals surface area contributed by atoms with E-state index in [2.05, 4.69) is 0 Å². The molecule has 0 radical (unpaired) electrons. The number of amides is 1. The number of aliphatic hydroxyl groups excluding tert-OH is 1. The molecule has 2 aliphatic rings. The third kappa shape index (κ3) is 8.59. The SMILES string of the molecule is COC(=O)c1ccc([C@@H]2C=C(C(=O)N3CCCCCCC3)O[C@H](OCCN(CCO)S(=O)(=O)c3ccc(OC)cc3)C2)cc1. The molecular formula is C32H42N2O9S. The molecule has 1 amide bonds. The van der Waals surface area contributed by atoms with E-state index in [9.17, 15) is 23.1 Å². The van der Waals surface area contributed by atoms with Crippen LogP contribution >= 0.6 is 0 Å². The topological polar surface area (TPSA) is 132 Å². The lowest BCUT2D eigenvalue weighted by Crippen LogP contribution is -2.39. The van der Waals surface area contributed by atoms with Gasteiger partial charge in [-0.1, -0.05) is 31.4 Å². The van der Waals surface area contributed by atoms with Crippen LogP contribution in [0.3, 0.4) is 0 Å². The summed E-state index contributed by atoms with van der Waals surface area (Å²) in [6, 6.07) is 13.0. The van der Waals surface area contributed by atoms with Gasteiger partial charge in [-0.25, -0.2) is 13.2 Å². The molecule has 11 nitrogen and oxygen atoms in total. The first-order chi connectivity index (χ1) is 21.3. The highest BCUT2D eigenvalue weighted by atomic mass is 32.2. The van der Waals surface area contributed by atoms with Crippen LogP contribution in [0.5, 0.6) is 5.75 Å². The maximum Gasteiger partial charge on any atom is 0.337 e. The van der Waals surface area contributed by atoms with Gasteiger partial charge in [-0.2, -0.15) is 4.31 Å². The predicted molar refractivity (Wildman–Crippen MR) is 163 cm³/mol. The van der Waals surface area contributed by atoms with Gasteiger partial charge >= 0.3 is 5.97 Å². The summed E-state index contributed by atoms with van der Waals surface area (Å²) < 4.78 is 49.8. The molecule has 1 fully saturated rings. The van der Waals surface area contributed by atoms with Crippen molar-refractivity contribution in [2.45, 2.75) is 55.6 Å². The highest BCUT2D eigenvalue weighted by Crippen LogP contribution is 2.33. The van der Waals surface area contributed by atoms with Gasteiger partial charge in [-0.05, 0) is 60.9 Å². The molecule has 0 aromatic heterocycles. The molecule has 2 aromatic carbocycles. The Kier molecular flexibility index (Phi) is 12.2. The van der Waals surface area contributed by atoms with E-state index < -0.39 is 22.3 Å². The lowest BCUT2D eigenvalue weighted by molar-refractivity contribution is -0.153. The number of allylic oxidation sites excluding steroid dienone is 1. The molecule has 0 unspecified atom stereocenters. The Bertz CT molecular complexity index is 1370. The van der Waals surface area contributed by atoms with E-state index in [0.29, 0.717) is 30.8 Å². The fourth-order valence-electron chi connectivity index (χ4n) is 5.38. The quantitative estimate of drug-likeness (QED) is 0.349. The van der Waals surface area contributed by atoms with Crippen molar-refractivity contribution in [3.63, 3.8) is 0 Å². The molecule has 44 heavy (non-hydrogen) atoms. The van der Waals surface area contributed by atoms with Crippen molar-refractivity contribution < 1.29 is 42.1 Å². The fraction of sp³-hybridized carbons (Fsp3) is 0.500. The summed E-state index contributed by atoms with van der Waals surface area (Å²) in [6.45, 7) is 0.768. The minimum Gasteiger partial charge on any atom is -0.497 e. The predicted octanol–water partition coefficient (Wildman–Crippen LogP) is 3.69. The van der Waals surface area contributed by atoms with E-state index in [1.807, 2.05) is 17.0 Å². The number of carbonyl (C=O) groups is 2. The maximum atomic E-state index is 13.6. The van der Waals surface area contributed by atoms with Crippen molar-refractivity contribution in [3.05, 3.63) is 71.5 Å². The molecule has 0 spiro atoms. The van der Waals surface area contributed by atoms with E-state index in [1.54, 1.807) is 30.3 Å². The van der Waals surface area contributed by atoms with Gasteiger partial charge in [0.25, 0.3) is 5.91 Å². The summed E-state index contributed by atoms with van der Waals surface area (Å²) in [5.74, 6) is -0.155. The largest absolute Gasteiger partial charge is 0.497 e. The number of hydrogen-bond acceptors (Lipinski definition) is 9. The smallest absolute Gasteiger partial charge is 0.337 e. The van der Waals surface area contributed by atoms with Gasteiger partial charge < -0.3 is 29.0 Å². The fourth-order valence-corrected chi connectivity index (χ4v) is 6.80. The third-order valence-corrected chi connectivity index (χ3v) is 9.78. The summed E-state index contributed by atoms with van der Waals surface area (Å²) in [7, 11) is -1.09. The second-order valence-electron chi connectivity index (χ2n) is 10.8. The van der Waals surface area contributed by atoms with Gasteiger partial charge in [-0.15, -0.1) is 0 Å². The van der Waals surface area contributed by atoms with Gasteiger partial charge in [0.15, 0.2) is 5.76 Å². The summed E-state index contributed by atoms with van der Waals surface area (Å²) in [6.07, 6.45) is 6.55. The molecular weight excluding hydrogens is 588 g/mol. The average Bonchev–Trinajstić information content (AvgIpc) is 3.03. The molecule has 0 saturated carbocycles. The van der Waals surface area contributed by atoms with Crippen molar-refractivity contribution >= 4 is 21.9 Å². The number of methoxy groups -OCH3 is 2. The van der Waals surface area contributed by atoms with Crippen LogP contribution in [0.1, 0.15) is 60.4 Å². The van der Waals surface area contributed by atoms with Crippen LogP contribution in [0.15, 0.2) is 65.3 Å². The highest BCUT2D eigenvalue weighted by Gasteiger charge is 2.32. The Labute approximate surface area is 259 Å². The molecule has 240 valence electrons. The molecule has 12 heteroatoms. The molecule has 1 saturated heterocycles. The monoisotopic (exact) mass is 630 g/mol. The number of carbonyl (C=O) groups excluding carboxylic acids is 2. The first-order valence-corrected chi connectivity index (χ1v) is 16.4. The summed E-state index contributed by atoms with van der Waals surface area (Å²) >= 11 is 0. The highest BCUT2D eigenvalue weighted by molar-refractivity contribution is 7.89. The molecule has 2 atom stereocenters. The molecule has 2 aliphatic heterocycles. The average molecular weight is 631 g/mol. The molecule has 1 N–H and O–H groups in total. The van der Waals surface area contributed by atoms with E-state index in [1.165, 1.54) is 32.8 Å². The Morgan fingerprint density at radius 1 is 0.955 bits per heavy atom. The Hall–Kier alpha value is -3.45. The lowest BCUT2D eigenvalue weighted by Gasteiger charge is -2.33. The Morgan fingerprint density at radius 2 is 1.61 bits per heavy atom. The van der Waals surface area contributed by atoms with E-state index >= 15 is 0 Å². The van der Waals surface area contributed by atoms with Crippen molar-refractivity contribution in [3.8, 4) is 5.75 Å². The van der Waals surface area contributed by atoms with Gasteiger partial charge in [-0.3, -0.25) is 4.79 Å². The second-order valence-corrected chi connectivity index (χ2v) is 12.7. The molecule has 2 heterocycles. The van der Waals surface area contributed by atoms with Crippen LogP contribution in [0.25, 0.3) is 0 Å². The van der Waals surface area contributed by atoms with Gasteiger partial charge in [0, 0.05) is 38.5 Å². The Morgan fingerprint density at radius 3 is 2.23 bits per heavy atom. The minimum atomic E-state index is -3.92. The van der Waals surface area contributed by atoms with E-state index in [4.69, 9.17) is 18.9 Å². The zero-order chi connectivity index (χ0) is 31.5. The minimum absolute atomic E-state index is 0.0285. The number of hydrogen-bond donors (Lipinski definition) is 1. The van der Waals surface area contributed by atoms with Crippen molar-refractivity contribution in [2.24, 2.45) is 0 Å². The number of aliphatic hydroxyl groups is 1. The zero-order valence-electron chi connectivity index (χ0n) is 25.4. The standard InChI is InChI=1S/C32H42N2O9S/c1-40-27-12-14-28(15-13-27)44(38,39)34(18-20-35)19-21-42-30-23-26(24-8-10-25(11-9-24)32(37)41-2)22-29(43-30)31(36)33-16-6-4-3-5-7-17-33/h8-15,22,26,30,35H,3-7,16-21,23H2,1-2H3/t26-,30+/m1/s1. The zero-order valence-corrected chi connectivity index (χ0v) is 26.2. The van der Waals surface area contributed by atoms with Crippen LogP contribution in [-0.2, 0) is 29.0 Å². The van der Waals surface area contributed by atoms with Crippen LogP contribution in [0, 0.1) is 0 Å². The molecule has 0 aliphatic carbocycles. The van der Waals surface area contributed by atoms with Gasteiger partial charge in [0.2, 0.25) is 16.3 Å². The third-order valence-electron chi connectivity index (χ3n) is 7.86. The summed E-state index contributed by atoms with van der Waals surface area (Å²) in [5, 5.41) is 9.59. The number of nitrogens with zero attached hydrogens (tertiary/aromatic N) is 2. The van der Waals surface area contributed by atoms with Crippen molar-refractivity contribution in [2.75, 3.05) is 53.6 Å². The molecule has 2 aromatic rings. The van der Waals surface area contributed by atoms with E-state index in [-0.39, 0.29) is 48.8 Å². The number of ether oxygens (including phenoxy) is 4. The Balaban J connectivity index is 1.49. The number of sulfonamides is 1. The molecule has 4 rings (SSSR count). The van der Waals surface area contributed by atoms with Crippen molar-refractivity contribution in [1.29, 1.82) is 0 Å². The van der Waals surface area contributed by atoms with Crippen LogP contribution in [0.2, 0.25) is 0 Å².